The van der Waals surface area contributed by atoms with Crippen molar-refractivity contribution in [1.82, 2.24) is 0 Å². The van der Waals surface area contributed by atoms with Gasteiger partial charge >= 0.3 is 0 Å². The number of thioether (sulfide) groups is 1. The van der Waals surface area contributed by atoms with Gasteiger partial charge in [-0.3, -0.25) is 0 Å². The van der Waals surface area contributed by atoms with Gasteiger partial charge in [0.05, 0.1) is 13.7 Å². The summed E-state index contributed by atoms with van der Waals surface area (Å²) >= 11 is 1.87. The molecule has 1 aromatic rings. The lowest BCUT2D eigenvalue weighted by molar-refractivity contribution is 0.313. The Morgan fingerprint density at radius 1 is 1.33 bits per heavy atom. The van der Waals surface area contributed by atoms with E-state index in [-0.39, 0.29) is 6.04 Å². The van der Waals surface area contributed by atoms with Gasteiger partial charge in [-0.15, -0.1) is 0 Å². The van der Waals surface area contributed by atoms with E-state index in [0.29, 0.717) is 6.61 Å². The Morgan fingerprint density at radius 2 is 2.11 bits per heavy atom. The summed E-state index contributed by atoms with van der Waals surface area (Å²) in [7, 11) is 1.66. The molecule has 18 heavy (non-hydrogen) atoms. The molecular weight excluding hydrogens is 246 g/mol. The molecule has 0 aromatic heterocycles. The van der Waals surface area contributed by atoms with Gasteiger partial charge in [-0.1, -0.05) is 13.0 Å². The van der Waals surface area contributed by atoms with Gasteiger partial charge in [0.2, 0.25) is 0 Å². The molecule has 0 bridgehead atoms. The topological polar surface area (TPSA) is 44.5 Å². The molecule has 4 heteroatoms. The zero-order chi connectivity index (χ0) is 13.4. The number of benzene rings is 1. The lowest BCUT2D eigenvalue weighted by Crippen LogP contribution is -2.17. The molecule has 0 aliphatic carbocycles. The van der Waals surface area contributed by atoms with E-state index in [1.165, 1.54) is 5.56 Å². The Balaban J connectivity index is 2.66. The van der Waals surface area contributed by atoms with Gasteiger partial charge in [0, 0.05) is 11.8 Å². The maximum absolute atomic E-state index is 5.81. The number of methoxy groups -OCH3 is 1. The van der Waals surface area contributed by atoms with Crippen LogP contribution in [0.5, 0.6) is 11.5 Å². The molecule has 1 rings (SSSR count). The van der Waals surface area contributed by atoms with Crippen LogP contribution in [0, 0.1) is 0 Å². The van der Waals surface area contributed by atoms with Gasteiger partial charge in [0.1, 0.15) is 0 Å². The first-order valence-electron chi connectivity index (χ1n) is 6.30. The minimum atomic E-state index is 0.155. The lowest BCUT2D eigenvalue weighted by Gasteiger charge is -2.13. The molecule has 1 unspecified atom stereocenters. The summed E-state index contributed by atoms with van der Waals surface area (Å²) in [6.07, 6.45) is 0.851. The average molecular weight is 269 g/mol. The molecule has 3 nitrogen and oxygen atoms in total. The fraction of sp³-hybridized carbons (Fsp3) is 0.571. The van der Waals surface area contributed by atoms with E-state index >= 15 is 0 Å². The second-order valence-corrected chi connectivity index (χ2v) is 5.61. The molecule has 1 aromatic carbocycles. The van der Waals surface area contributed by atoms with Crippen molar-refractivity contribution in [3.63, 3.8) is 0 Å². The third kappa shape index (κ3) is 5.19. The Kier molecular flexibility index (Phi) is 6.98. The first-order chi connectivity index (χ1) is 8.67. The standard InChI is InChI=1S/C14H23NO2S/c1-4-18-8-7-17-14-10-12(9-11(2)15)5-6-13(14)16-3/h5-6,10-11H,4,7-9,15H2,1-3H3. The van der Waals surface area contributed by atoms with E-state index in [2.05, 4.69) is 6.92 Å². The SMILES string of the molecule is CCSCCOc1cc(CC(C)N)ccc1OC. The number of hydrogen-bond acceptors (Lipinski definition) is 4. The molecule has 2 N–H and O–H groups in total. The summed E-state index contributed by atoms with van der Waals surface area (Å²) in [4.78, 5) is 0. The summed E-state index contributed by atoms with van der Waals surface area (Å²) in [6, 6.07) is 6.16. The molecular formula is C14H23NO2S. The van der Waals surface area contributed by atoms with E-state index in [1.54, 1.807) is 7.11 Å². The van der Waals surface area contributed by atoms with Crippen LogP contribution in [0.2, 0.25) is 0 Å². The van der Waals surface area contributed by atoms with Crippen molar-refractivity contribution in [2.24, 2.45) is 5.73 Å². The monoisotopic (exact) mass is 269 g/mol. The summed E-state index contributed by atoms with van der Waals surface area (Å²) < 4.78 is 11.1. The smallest absolute Gasteiger partial charge is 0.161 e. The molecule has 0 saturated carbocycles. The number of rotatable bonds is 8. The minimum absolute atomic E-state index is 0.155. The normalized spacial score (nSPS) is 12.2. The first-order valence-corrected chi connectivity index (χ1v) is 7.45. The average Bonchev–Trinajstić information content (AvgIpc) is 2.34. The van der Waals surface area contributed by atoms with Gasteiger partial charge in [-0.25, -0.2) is 0 Å². The Labute approximate surface area is 114 Å². The van der Waals surface area contributed by atoms with Crippen molar-refractivity contribution in [3.8, 4) is 11.5 Å². The molecule has 0 radical (unpaired) electrons. The van der Waals surface area contributed by atoms with Crippen molar-refractivity contribution in [1.29, 1.82) is 0 Å². The number of ether oxygens (including phenoxy) is 2. The van der Waals surface area contributed by atoms with E-state index in [4.69, 9.17) is 15.2 Å². The minimum Gasteiger partial charge on any atom is -0.493 e. The fourth-order valence-electron chi connectivity index (χ4n) is 1.69. The molecule has 1 atom stereocenters. The van der Waals surface area contributed by atoms with Crippen molar-refractivity contribution in [2.45, 2.75) is 26.3 Å². The predicted octanol–water partition coefficient (Wildman–Crippen LogP) is 2.72. The van der Waals surface area contributed by atoms with Crippen LogP contribution in [-0.4, -0.2) is 31.3 Å². The van der Waals surface area contributed by atoms with Gasteiger partial charge in [0.15, 0.2) is 11.5 Å². The van der Waals surface area contributed by atoms with Crippen LogP contribution in [0.25, 0.3) is 0 Å². The molecule has 0 heterocycles. The van der Waals surface area contributed by atoms with E-state index < -0.39 is 0 Å². The van der Waals surface area contributed by atoms with Crippen LogP contribution in [0.1, 0.15) is 19.4 Å². The van der Waals surface area contributed by atoms with Crippen molar-refractivity contribution in [2.75, 3.05) is 25.2 Å². The molecule has 102 valence electrons. The number of nitrogens with two attached hydrogens (primary N) is 1. The van der Waals surface area contributed by atoms with Crippen LogP contribution < -0.4 is 15.2 Å². The highest BCUT2D eigenvalue weighted by atomic mass is 32.2. The van der Waals surface area contributed by atoms with E-state index in [9.17, 15) is 0 Å². The quantitative estimate of drug-likeness (QED) is 0.737. The van der Waals surface area contributed by atoms with E-state index in [0.717, 1.165) is 29.4 Å². The third-order valence-corrected chi connectivity index (χ3v) is 3.34. The van der Waals surface area contributed by atoms with Gasteiger partial charge in [-0.2, -0.15) is 11.8 Å². The maximum atomic E-state index is 5.81. The Bertz CT molecular complexity index is 356. The second-order valence-electron chi connectivity index (χ2n) is 4.21. The zero-order valence-corrected chi connectivity index (χ0v) is 12.3. The number of hydrogen-bond donors (Lipinski definition) is 1. The predicted molar refractivity (Wildman–Crippen MR) is 78.8 cm³/mol. The highest BCUT2D eigenvalue weighted by Crippen LogP contribution is 2.28. The highest BCUT2D eigenvalue weighted by Gasteiger charge is 2.07. The molecule has 0 amide bonds. The Hall–Kier alpha value is -0.870. The lowest BCUT2D eigenvalue weighted by atomic mass is 10.1. The molecule has 0 aliphatic rings. The van der Waals surface area contributed by atoms with E-state index in [1.807, 2.05) is 36.9 Å². The summed E-state index contributed by atoms with van der Waals surface area (Å²) in [5.74, 6) is 3.71. The fourth-order valence-corrected chi connectivity index (χ4v) is 2.18. The van der Waals surface area contributed by atoms with Gasteiger partial charge in [0.25, 0.3) is 0 Å². The van der Waals surface area contributed by atoms with Crippen molar-refractivity contribution >= 4 is 11.8 Å². The van der Waals surface area contributed by atoms with Crippen molar-refractivity contribution < 1.29 is 9.47 Å². The molecule has 0 fully saturated rings. The van der Waals surface area contributed by atoms with Crippen molar-refractivity contribution in [3.05, 3.63) is 23.8 Å². The summed E-state index contributed by atoms with van der Waals surface area (Å²) in [5.41, 5.74) is 6.99. The second kappa shape index (κ2) is 8.27. The van der Waals surface area contributed by atoms with Gasteiger partial charge < -0.3 is 15.2 Å². The Morgan fingerprint density at radius 3 is 2.72 bits per heavy atom. The first kappa shape index (κ1) is 15.2. The van der Waals surface area contributed by atoms with Gasteiger partial charge in [-0.05, 0) is 36.8 Å². The molecule has 0 spiro atoms. The zero-order valence-electron chi connectivity index (χ0n) is 11.4. The molecule has 0 saturated heterocycles. The van der Waals surface area contributed by atoms with Crippen LogP contribution >= 0.6 is 11.8 Å². The van der Waals surface area contributed by atoms with Crippen LogP contribution in [0.3, 0.4) is 0 Å². The summed E-state index contributed by atoms with van der Waals surface area (Å²) in [5, 5.41) is 0. The van der Waals surface area contributed by atoms with Crippen LogP contribution in [-0.2, 0) is 6.42 Å². The maximum Gasteiger partial charge on any atom is 0.161 e. The van der Waals surface area contributed by atoms with Crippen LogP contribution in [0.15, 0.2) is 18.2 Å². The van der Waals surface area contributed by atoms with Crippen LogP contribution in [0.4, 0.5) is 0 Å². The molecule has 0 aliphatic heterocycles. The largest absolute Gasteiger partial charge is 0.493 e. The summed E-state index contributed by atoms with van der Waals surface area (Å²) in [6.45, 7) is 4.85. The highest BCUT2D eigenvalue weighted by molar-refractivity contribution is 7.99. The third-order valence-electron chi connectivity index (χ3n) is 2.48.